The molecule has 1 saturated carbocycles. The topological polar surface area (TPSA) is 29.1 Å². The van der Waals surface area contributed by atoms with Gasteiger partial charge in [0, 0.05) is 6.04 Å². The van der Waals surface area contributed by atoms with Gasteiger partial charge in [0.25, 0.3) is 0 Å². The highest BCUT2D eigenvalue weighted by atomic mass is 35.5. The Morgan fingerprint density at radius 3 is 2.62 bits per heavy atom. The van der Waals surface area contributed by atoms with Gasteiger partial charge in [-0.2, -0.15) is 0 Å². The molecular formula is C13H16ClNO. The average Bonchev–Trinajstić information content (AvgIpc) is 2.27. The van der Waals surface area contributed by atoms with Crippen molar-refractivity contribution >= 4 is 17.5 Å². The van der Waals surface area contributed by atoms with Gasteiger partial charge < -0.3 is 5.32 Å². The first-order valence-electron chi connectivity index (χ1n) is 5.67. The highest BCUT2D eigenvalue weighted by molar-refractivity contribution is 6.27. The van der Waals surface area contributed by atoms with Gasteiger partial charge in [-0.3, -0.25) is 4.79 Å². The summed E-state index contributed by atoms with van der Waals surface area (Å²) < 4.78 is 0. The Labute approximate surface area is 101 Å². The molecule has 1 aliphatic rings. The summed E-state index contributed by atoms with van der Waals surface area (Å²) in [6.45, 7) is 0. The third-order valence-electron chi connectivity index (χ3n) is 3.09. The van der Waals surface area contributed by atoms with Gasteiger partial charge in [-0.1, -0.05) is 30.3 Å². The molecule has 16 heavy (non-hydrogen) atoms. The number of benzene rings is 1. The summed E-state index contributed by atoms with van der Waals surface area (Å²) in [5.41, 5.74) is 1.38. The molecule has 1 aliphatic carbocycles. The van der Waals surface area contributed by atoms with E-state index in [4.69, 9.17) is 11.6 Å². The largest absolute Gasteiger partial charge is 0.352 e. The number of carbonyl (C=O) groups is 1. The fourth-order valence-corrected chi connectivity index (χ4v) is 2.31. The fourth-order valence-electron chi connectivity index (χ4n) is 2.23. The van der Waals surface area contributed by atoms with Crippen LogP contribution in [0.4, 0.5) is 0 Å². The van der Waals surface area contributed by atoms with Crippen molar-refractivity contribution in [1.29, 1.82) is 0 Å². The van der Waals surface area contributed by atoms with Crippen molar-refractivity contribution in [3.8, 4) is 0 Å². The third kappa shape index (κ3) is 2.99. The number of hydrogen-bond acceptors (Lipinski definition) is 1. The van der Waals surface area contributed by atoms with Crippen LogP contribution in [0.3, 0.4) is 0 Å². The molecule has 1 fully saturated rings. The van der Waals surface area contributed by atoms with Crippen LogP contribution in [0.1, 0.15) is 18.4 Å². The van der Waals surface area contributed by atoms with Crippen molar-refractivity contribution < 1.29 is 4.79 Å². The van der Waals surface area contributed by atoms with E-state index in [9.17, 15) is 4.79 Å². The standard InChI is InChI=1S/C13H16ClNO/c14-9-13(16)15-12-7-11(8-12)6-10-4-2-1-3-5-10/h1-5,11-12H,6-9H2,(H,15,16). The summed E-state index contributed by atoms with van der Waals surface area (Å²) in [6.07, 6.45) is 3.28. The van der Waals surface area contributed by atoms with Crippen LogP contribution < -0.4 is 5.32 Å². The molecule has 1 aromatic rings. The second-order valence-electron chi connectivity index (χ2n) is 4.43. The van der Waals surface area contributed by atoms with E-state index in [0.29, 0.717) is 12.0 Å². The highest BCUT2D eigenvalue weighted by Gasteiger charge is 2.29. The predicted octanol–water partition coefficient (Wildman–Crippen LogP) is 2.36. The SMILES string of the molecule is O=C(CCl)NC1CC(Cc2ccccc2)C1. The van der Waals surface area contributed by atoms with E-state index in [2.05, 4.69) is 29.6 Å². The summed E-state index contributed by atoms with van der Waals surface area (Å²) in [7, 11) is 0. The number of halogens is 1. The zero-order valence-corrected chi connectivity index (χ0v) is 9.91. The summed E-state index contributed by atoms with van der Waals surface area (Å²) in [5.74, 6) is 0.729. The van der Waals surface area contributed by atoms with Crippen LogP contribution in [0, 0.1) is 5.92 Å². The fraction of sp³-hybridized carbons (Fsp3) is 0.462. The van der Waals surface area contributed by atoms with E-state index in [1.54, 1.807) is 0 Å². The van der Waals surface area contributed by atoms with Crippen molar-refractivity contribution in [2.45, 2.75) is 25.3 Å². The first-order valence-corrected chi connectivity index (χ1v) is 6.20. The first-order chi connectivity index (χ1) is 7.78. The summed E-state index contributed by atoms with van der Waals surface area (Å²) in [6, 6.07) is 10.8. The molecule has 0 heterocycles. The van der Waals surface area contributed by atoms with E-state index in [-0.39, 0.29) is 11.8 Å². The van der Waals surface area contributed by atoms with Gasteiger partial charge in [0.05, 0.1) is 0 Å². The zero-order valence-electron chi connectivity index (χ0n) is 9.16. The number of nitrogens with one attached hydrogen (secondary N) is 1. The van der Waals surface area contributed by atoms with Crippen LogP contribution in [0.2, 0.25) is 0 Å². The zero-order chi connectivity index (χ0) is 11.4. The van der Waals surface area contributed by atoms with Crippen LogP contribution >= 0.6 is 11.6 Å². The Balaban J connectivity index is 1.71. The minimum absolute atomic E-state index is 0.0511. The Kier molecular flexibility index (Phi) is 3.83. The van der Waals surface area contributed by atoms with Gasteiger partial charge in [0.15, 0.2) is 0 Å². The van der Waals surface area contributed by atoms with Crippen molar-refractivity contribution in [1.82, 2.24) is 5.32 Å². The smallest absolute Gasteiger partial charge is 0.235 e. The van der Waals surface area contributed by atoms with Gasteiger partial charge in [0.1, 0.15) is 5.88 Å². The number of carbonyl (C=O) groups excluding carboxylic acids is 1. The molecule has 0 unspecified atom stereocenters. The van der Waals surface area contributed by atoms with Crippen LogP contribution in [0.25, 0.3) is 0 Å². The number of hydrogen-bond donors (Lipinski definition) is 1. The maximum atomic E-state index is 11.0. The molecule has 0 aliphatic heterocycles. The average molecular weight is 238 g/mol. The number of rotatable bonds is 4. The minimum Gasteiger partial charge on any atom is -0.352 e. The molecule has 1 N–H and O–H groups in total. The Morgan fingerprint density at radius 1 is 1.31 bits per heavy atom. The van der Waals surface area contributed by atoms with Crippen molar-refractivity contribution in [3.63, 3.8) is 0 Å². The van der Waals surface area contributed by atoms with Gasteiger partial charge in [-0.15, -0.1) is 11.6 Å². The van der Waals surface area contributed by atoms with Crippen LogP contribution in [0.5, 0.6) is 0 Å². The minimum atomic E-state index is -0.0511. The molecule has 0 radical (unpaired) electrons. The molecule has 2 nitrogen and oxygen atoms in total. The Morgan fingerprint density at radius 2 is 2.00 bits per heavy atom. The Bertz CT molecular complexity index is 346. The van der Waals surface area contributed by atoms with Crippen molar-refractivity contribution in [3.05, 3.63) is 35.9 Å². The molecule has 2 rings (SSSR count). The first kappa shape index (κ1) is 11.5. The van der Waals surface area contributed by atoms with E-state index in [0.717, 1.165) is 19.3 Å². The monoisotopic (exact) mass is 237 g/mol. The summed E-state index contributed by atoms with van der Waals surface area (Å²) >= 11 is 5.43. The molecule has 0 saturated heterocycles. The second-order valence-corrected chi connectivity index (χ2v) is 4.69. The van der Waals surface area contributed by atoms with Gasteiger partial charge in [0.2, 0.25) is 5.91 Å². The number of alkyl halides is 1. The van der Waals surface area contributed by atoms with Crippen LogP contribution in [-0.2, 0) is 11.2 Å². The summed E-state index contributed by atoms with van der Waals surface area (Å²) in [5, 5.41) is 2.91. The number of amides is 1. The Hall–Kier alpha value is -1.02. The molecular weight excluding hydrogens is 222 g/mol. The van der Waals surface area contributed by atoms with E-state index < -0.39 is 0 Å². The molecule has 0 atom stereocenters. The molecule has 86 valence electrons. The lowest BCUT2D eigenvalue weighted by atomic mass is 9.76. The van der Waals surface area contributed by atoms with Gasteiger partial charge in [-0.05, 0) is 30.7 Å². The predicted molar refractivity (Wildman–Crippen MR) is 65.5 cm³/mol. The van der Waals surface area contributed by atoms with Crippen LogP contribution in [-0.4, -0.2) is 17.8 Å². The molecule has 3 heteroatoms. The van der Waals surface area contributed by atoms with E-state index in [1.807, 2.05) is 6.07 Å². The molecule has 0 bridgehead atoms. The molecule has 1 amide bonds. The second kappa shape index (κ2) is 5.35. The lowest BCUT2D eigenvalue weighted by Crippen LogP contribution is -2.45. The van der Waals surface area contributed by atoms with Crippen LogP contribution in [0.15, 0.2) is 30.3 Å². The quantitative estimate of drug-likeness (QED) is 0.801. The normalized spacial score (nSPS) is 23.6. The highest BCUT2D eigenvalue weighted by Crippen LogP contribution is 2.30. The summed E-state index contributed by atoms with van der Waals surface area (Å²) in [4.78, 5) is 11.0. The van der Waals surface area contributed by atoms with Gasteiger partial charge >= 0.3 is 0 Å². The molecule has 0 spiro atoms. The maximum absolute atomic E-state index is 11.0. The third-order valence-corrected chi connectivity index (χ3v) is 3.33. The van der Waals surface area contributed by atoms with E-state index >= 15 is 0 Å². The van der Waals surface area contributed by atoms with Gasteiger partial charge in [-0.25, -0.2) is 0 Å². The molecule has 1 aromatic carbocycles. The van der Waals surface area contributed by atoms with Crippen molar-refractivity contribution in [2.75, 3.05) is 5.88 Å². The van der Waals surface area contributed by atoms with Crippen molar-refractivity contribution in [2.24, 2.45) is 5.92 Å². The van der Waals surface area contributed by atoms with E-state index in [1.165, 1.54) is 5.56 Å². The lowest BCUT2D eigenvalue weighted by molar-refractivity contribution is -0.120. The maximum Gasteiger partial charge on any atom is 0.235 e. The lowest BCUT2D eigenvalue weighted by Gasteiger charge is -2.35. The molecule has 0 aromatic heterocycles.